The van der Waals surface area contributed by atoms with Crippen molar-refractivity contribution in [2.24, 2.45) is 0 Å². The summed E-state index contributed by atoms with van der Waals surface area (Å²) in [7, 11) is 0. The lowest BCUT2D eigenvalue weighted by atomic mass is 9.85. The Balaban J connectivity index is 1.69. The lowest BCUT2D eigenvalue weighted by Crippen LogP contribution is -2.25. The highest BCUT2D eigenvalue weighted by Crippen LogP contribution is 2.41. The maximum absolute atomic E-state index is 12.5. The number of thiazole rings is 1. The first-order chi connectivity index (χ1) is 13.1. The Labute approximate surface area is 160 Å². The summed E-state index contributed by atoms with van der Waals surface area (Å²) in [6, 6.07) is 16.4. The molecule has 1 aliphatic rings. The van der Waals surface area contributed by atoms with Crippen LogP contribution in [0.4, 0.5) is 5.82 Å². The predicted octanol–water partition coefficient (Wildman–Crippen LogP) is 4.57. The Hall–Kier alpha value is -2.99. The fraction of sp³-hybridized carbons (Fsp3) is 0.190. The highest BCUT2D eigenvalue weighted by atomic mass is 32.1. The normalized spacial score (nSPS) is 16.4. The first kappa shape index (κ1) is 16.2. The van der Waals surface area contributed by atoms with Gasteiger partial charge in [-0.05, 0) is 31.5 Å². The summed E-state index contributed by atoms with van der Waals surface area (Å²) >= 11 is 1.58. The lowest BCUT2D eigenvalue weighted by Gasteiger charge is -2.24. The van der Waals surface area contributed by atoms with Crippen molar-refractivity contribution in [3.8, 4) is 5.13 Å². The van der Waals surface area contributed by atoms with E-state index in [2.05, 4.69) is 30.4 Å². The van der Waals surface area contributed by atoms with Crippen LogP contribution in [0.3, 0.4) is 0 Å². The smallest absolute Gasteiger partial charge is 0.226 e. The van der Waals surface area contributed by atoms with Crippen LogP contribution in [0, 0.1) is 13.8 Å². The topological polar surface area (TPSA) is 59.8 Å². The fourth-order valence-corrected chi connectivity index (χ4v) is 4.73. The molecule has 27 heavy (non-hydrogen) atoms. The molecule has 6 heteroatoms. The van der Waals surface area contributed by atoms with Crippen molar-refractivity contribution in [2.75, 3.05) is 5.32 Å². The maximum atomic E-state index is 12.5. The number of nitrogens with zero attached hydrogens (tertiary/aromatic N) is 3. The quantitative estimate of drug-likeness (QED) is 0.559. The molecule has 0 aliphatic carbocycles. The summed E-state index contributed by atoms with van der Waals surface area (Å²) in [6.07, 6.45) is 0.433. The van der Waals surface area contributed by atoms with E-state index in [0.717, 1.165) is 38.0 Å². The van der Waals surface area contributed by atoms with Crippen molar-refractivity contribution in [3.05, 3.63) is 70.9 Å². The van der Waals surface area contributed by atoms with Crippen LogP contribution in [-0.2, 0) is 4.79 Å². The van der Waals surface area contributed by atoms with E-state index >= 15 is 0 Å². The Morgan fingerprint density at radius 1 is 1.15 bits per heavy atom. The molecule has 1 aliphatic heterocycles. The molecule has 5 rings (SSSR count). The number of aromatic nitrogens is 3. The monoisotopic (exact) mass is 374 g/mol. The van der Waals surface area contributed by atoms with Gasteiger partial charge in [-0.2, -0.15) is 9.78 Å². The van der Waals surface area contributed by atoms with Crippen molar-refractivity contribution in [2.45, 2.75) is 26.2 Å². The molecule has 0 bridgehead atoms. The first-order valence-electron chi connectivity index (χ1n) is 8.92. The molecule has 5 nitrogen and oxygen atoms in total. The number of para-hydroxylation sites is 1. The predicted molar refractivity (Wildman–Crippen MR) is 108 cm³/mol. The van der Waals surface area contributed by atoms with Crippen LogP contribution < -0.4 is 5.32 Å². The molecule has 4 aromatic rings. The number of hydrogen-bond donors (Lipinski definition) is 1. The number of aryl methyl sites for hydroxylation is 2. The van der Waals surface area contributed by atoms with Gasteiger partial charge in [-0.25, -0.2) is 4.98 Å². The zero-order valence-electron chi connectivity index (χ0n) is 15.1. The zero-order chi connectivity index (χ0) is 18.5. The van der Waals surface area contributed by atoms with E-state index in [9.17, 15) is 4.79 Å². The van der Waals surface area contributed by atoms with Gasteiger partial charge in [0.05, 0.1) is 15.9 Å². The van der Waals surface area contributed by atoms with Gasteiger partial charge in [0.15, 0.2) is 0 Å². The summed E-state index contributed by atoms with van der Waals surface area (Å²) in [5.41, 5.74) is 5.29. The number of carbonyl (C=O) groups is 1. The molecule has 1 amide bonds. The van der Waals surface area contributed by atoms with Crippen LogP contribution in [0.5, 0.6) is 0 Å². The molecule has 1 N–H and O–H groups in total. The first-order valence-corrected chi connectivity index (χ1v) is 9.73. The molecule has 3 heterocycles. The second-order valence-corrected chi connectivity index (χ2v) is 7.95. The van der Waals surface area contributed by atoms with Gasteiger partial charge in [0, 0.05) is 17.9 Å². The van der Waals surface area contributed by atoms with Crippen LogP contribution in [0.2, 0.25) is 0 Å². The minimum Gasteiger partial charge on any atom is -0.310 e. The molecule has 134 valence electrons. The average molecular weight is 374 g/mol. The second kappa shape index (κ2) is 6.03. The number of rotatable bonds is 2. The fourth-order valence-electron chi connectivity index (χ4n) is 3.81. The Morgan fingerprint density at radius 2 is 2.00 bits per heavy atom. The van der Waals surface area contributed by atoms with E-state index in [-0.39, 0.29) is 11.8 Å². The summed E-state index contributed by atoms with van der Waals surface area (Å²) in [5.74, 6) is 0.766. The van der Waals surface area contributed by atoms with Crippen molar-refractivity contribution < 1.29 is 4.79 Å². The van der Waals surface area contributed by atoms with Gasteiger partial charge < -0.3 is 5.32 Å². The Kier molecular flexibility index (Phi) is 3.62. The Morgan fingerprint density at radius 3 is 2.81 bits per heavy atom. The van der Waals surface area contributed by atoms with Gasteiger partial charge in [0.1, 0.15) is 5.82 Å². The Bertz CT molecular complexity index is 1160. The third-order valence-corrected chi connectivity index (χ3v) is 6.02. The van der Waals surface area contributed by atoms with Crippen LogP contribution in [0.1, 0.15) is 34.7 Å². The number of amides is 1. The van der Waals surface area contributed by atoms with Crippen molar-refractivity contribution in [1.29, 1.82) is 0 Å². The molecule has 0 spiro atoms. The third kappa shape index (κ3) is 2.64. The minimum absolute atomic E-state index is 0.0104. The van der Waals surface area contributed by atoms with E-state index in [1.54, 1.807) is 16.0 Å². The summed E-state index contributed by atoms with van der Waals surface area (Å²) in [6.45, 7) is 4.08. The van der Waals surface area contributed by atoms with E-state index in [1.807, 2.05) is 37.3 Å². The van der Waals surface area contributed by atoms with Gasteiger partial charge in [-0.1, -0.05) is 53.3 Å². The number of hydrogen-bond acceptors (Lipinski definition) is 4. The van der Waals surface area contributed by atoms with Crippen LogP contribution in [0.25, 0.3) is 15.3 Å². The molecular weight excluding hydrogens is 356 g/mol. The van der Waals surface area contributed by atoms with Crippen LogP contribution in [-0.4, -0.2) is 20.7 Å². The molecule has 0 radical (unpaired) electrons. The molecule has 2 aromatic carbocycles. The molecule has 0 fully saturated rings. The van der Waals surface area contributed by atoms with Gasteiger partial charge >= 0.3 is 0 Å². The second-order valence-electron chi connectivity index (χ2n) is 6.94. The largest absolute Gasteiger partial charge is 0.310 e. The van der Waals surface area contributed by atoms with E-state index in [1.165, 1.54) is 5.56 Å². The summed E-state index contributed by atoms with van der Waals surface area (Å²) < 4.78 is 2.89. The van der Waals surface area contributed by atoms with Gasteiger partial charge in [0.2, 0.25) is 11.0 Å². The van der Waals surface area contributed by atoms with Gasteiger partial charge in [-0.15, -0.1) is 0 Å². The molecular formula is C21H18N4OS. The average Bonchev–Trinajstić information content (AvgIpc) is 3.22. The van der Waals surface area contributed by atoms with Crippen LogP contribution >= 0.6 is 11.3 Å². The lowest BCUT2D eigenvalue weighted by molar-refractivity contribution is -0.116. The SMILES string of the molecule is Cc1cccc([C@@H]2CC(=O)Nc3c2c(C)nn3-c2nc3ccccc3s2)c1. The van der Waals surface area contributed by atoms with E-state index in [0.29, 0.717) is 6.42 Å². The molecule has 2 aromatic heterocycles. The maximum Gasteiger partial charge on any atom is 0.226 e. The van der Waals surface area contributed by atoms with Crippen molar-refractivity contribution >= 4 is 33.3 Å². The molecule has 0 saturated carbocycles. The standard InChI is InChI=1S/C21H18N4OS/c1-12-6-5-7-14(10-12)15-11-18(26)23-20-19(15)13(2)24-25(20)21-22-16-8-3-4-9-17(16)27-21/h3-10,15H,11H2,1-2H3,(H,23,26)/t15-/m0/s1. The molecule has 0 unspecified atom stereocenters. The number of nitrogens with one attached hydrogen (secondary N) is 1. The number of fused-ring (bicyclic) bond motifs is 2. The van der Waals surface area contributed by atoms with Crippen molar-refractivity contribution in [3.63, 3.8) is 0 Å². The molecule has 1 atom stereocenters. The highest BCUT2D eigenvalue weighted by molar-refractivity contribution is 7.20. The highest BCUT2D eigenvalue weighted by Gasteiger charge is 2.33. The molecule has 0 saturated heterocycles. The summed E-state index contributed by atoms with van der Waals surface area (Å²) in [4.78, 5) is 17.2. The third-order valence-electron chi connectivity index (χ3n) is 5.01. The minimum atomic E-state index is 0.0104. The van der Waals surface area contributed by atoms with Crippen LogP contribution in [0.15, 0.2) is 48.5 Å². The summed E-state index contributed by atoms with van der Waals surface area (Å²) in [5, 5.41) is 8.54. The number of carbonyl (C=O) groups excluding carboxylic acids is 1. The number of anilines is 1. The van der Waals surface area contributed by atoms with Crippen molar-refractivity contribution in [1.82, 2.24) is 14.8 Å². The van der Waals surface area contributed by atoms with E-state index < -0.39 is 0 Å². The zero-order valence-corrected chi connectivity index (χ0v) is 15.9. The number of benzene rings is 2. The van der Waals surface area contributed by atoms with Gasteiger partial charge in [0.25, 0.3) is 0 Å². The van der Waals surface area contributed by atoms with E-state index in [4.69, 9.17) is 10.1 Å². The van der Waals surface area contributed by atoms with Gasteiger partial charge in [-0.3, -0.25) is 4.79 Å².